The van der Waals surface area contributed by atoms with Gasteiger partial charge in [0.15, 0.2) is 0 Å². The van der Waals surface area contributed by atoms with Crippen molar-refractivity contribution >= 4 is 11.6 Å². The summed E-state index contributed by atoms with van der Waals surface area (Å²) in [5.41, 5.74) is 6.12. The fourth-order valence-corrected chi connectivity index (χ4v) is 1.74. The Hall–Kier alpha value is -1.89. The van der Waals surface area contributed by atoms with Crippen LogP contribution >= 0.6 is 0 Å². The van der Waals surface area contributed by atoms with E-state index in [1.165, 1.54) is 12.1 Å². The van der Waals surface area contributed by atoms with Gasteiger partial charge in [0.05, 0.1) is 19.8 Å². The third-order valence-corrected chi connectivity index (χ3v) is 2.50. The molecule has 1 rings (SSSR count). The summed E-state index contributed by atoms with van der Waals surface area (Å²) in [4.78, 5) is 13.0. The number of nitrogens with zero attached hydrogens (tertiary/aromatic N) is 1. The zero-order valence-electron chi connectivity index (χ0n) is 11.2. The van der Waals surface area contributed by atoms with Gasteiger partial charge in [-0.2, -0.15) is 0 Å². The fraction of sp³-hybridized carbons (Fsp3) is 0.462. The number of alkyl halides is 2. The van der Waals surface area contributed by atoms with Crippen molar-refractivity contribution < 1.29 is 23.4 Å². The van der Waals surface area contributed by atoms with Crippen molar-refractivity contribution in [2.24, 2.45) is 0 Å². The van der Waals surface area contributed by atoms with Crippen LogP contribution in [0.15, 0.2) is 18.2 Å². The molecular formula is C13H18F2N2O3. The number of aliphatic hydroxyl groups is 1. The first-order chi connectivity index (χ1) is 9.47. The lowest BCUT2D eigenvalue weighted by Crippen LogP contribution is -2.37. The van der Waals surface area contributed by atoms with Gasteiger partial charge < -0.3 is 20.5 Å². The topological polar surface area (TPSA) is 75.8 Å². The summed E-state index contributed by atoms with van der Waals surface area (Å²) >= 11 is 0. The SMILES string of the molecule is CCOc1cc(N)cc(C(=O)N(CCO)CC(F)F)c1. The summed E-state index contributed by atoms with van der Waals surface area (Å²) in [5.74, 6) is -0.218. The standard InChI is InChI=1S/C13H18F2N2O3/c1-2-20-11-6-9(5-10(16)7-11)13(19)17(3-4-18)8-12(14)15/h5-7,12,18H,2-4,8,16H2,1H3. The minimum absolute atomic E-state index is 0.155. The van der Waals surface area contributed by atoms with Crippen molar-refractivity contribution in [3.8, 4) is 5.75 Å². The van der Waals surface area contributed by atoms with Crippen LogP contribution in [-0.2, 0) is 0 Å². The number of carbonyl (C=O) groups is 1. The normalized spacial score (nSPS) is 10.7. The lowest BCUT2D eigenvalue weighted by Gasteiger charge is -2.21. The molecule has 5 nitrogen and oxygen atoms in total. The summed E-state index contributed by atoms with van der Waals surface area (Å²) < 4.78 is 30.1. The first-order valence-electron chi connectivity index (χ1n) is 6.19. The second-order valence-corrected chi connectivity index (χ2v) is 4.09. The molecule has 0 atom stereocenters. The molecule has 1 aromatic carbocycles. The maximum absolute atomic E-state index is 12.4. The van der Waals surface area contributed by atoms with Gasteiger partial charge in [-0.3, -0.25) is 4.79 Å². The molecule has 1 aromatic rings. The van der Waals surface area contributed by atoms with Crippen molar-refractivity contribution in [2.75, 3.05) is 32.0 Å². The Balaban J connectivity index is 2.98. The highest BCUT2D eigenvalue weighted by Gasteiger charge is 2.20. The third kappa shape index (κ3) is 4.65. The monoisotopic (exact) mass is 288 g/mol. The van der Waals surface area contributed by atoms with E-state index in [1.807, 2.05) is 0 Å². The summed E-state index contributed by atoms with van der Waals surface area (Å²) in [7, 11) is 0. The van der Waals surface area contributed by atoms with Crippen LogP contribution in [0.4, 0.5) is 14.5 Å². The predicted octanol–water partition coefficient (Wildman–Crippen LogP) is 1.37. The van der Waals surface area contributed by atoms with Gasteiger partial charge in [0.2, 0.25) is 0 Å². The Morgan fingerprint density at radius 2 is 2.15 bits per heavy atom. The predicted molar refractivity (Wildman–Crippen MR) is 71.0 cm³/mol. The largest absolute Gasteiger partial charge is 0.494 e. The molecule has 0 radical (unpaired) electrons. The van der Waals surface area contributed by atoms with Crippen LogP contribution < -0.4 is 10.5 Å². The number of halogens is 2. The number of amides is 1. The van der Waals surface area contributed by atoms with E-state index in [0.717, 1.165) is 4.90 Å². The number of ether oxygens (including phenoxy) is 1. The van der Waals surface area contributed by atoms with E-state index in [1.54, 1.807) is 13.0 Å². The van der Waals surface area contributed by atoms with Crippen LogP contribution in [0.25, 0.3) is 0 Å². The maximum Gasteiger partial charge on any atom is 0.255 e. The molecule has 20 heavy (non-hydrogen) atoms. The lowest BCUT2D eigenvalue weighted by molar-refractivity contribution is 0.0509. The Morgan fingerprint density at radius 3 is 2.70 bits per heavy atom. The van der Waals surface area contributed by atoms with E-state index in [2.05, 4.69) is 0 Å². The molecule has 0 heterocycles. The lowest BCUT2D eigenvalue weighted by atomic mass is 10.1. The first-order valence-corrected chi connectivity index (χ1v) is 6.19. The highest BCUT2D eigenvalue weighted by molar-refractivity contribution is 5.95. The highest BCUT2D eigenvalue weighted by atomic mass is 19.3. The molecule has 0 spiro atoms. The maximum atomic E-state index is 12.4. The molecule has 0 aromatic heterocycles. The van der Waals surface area contributed by atoms with E-state index in [-0.39, 0.29) is 18.7 Å². The molecule has 0 unspecified atom stereocenters. The van der Waals surface area contributed by atoms with Crippen molar-refractivity contribution in [1.82, 2.24) is 4.90 Å². The van der Waals surface area contributed by atoms with E-state index in [0.29, 0.717) is 18.0 Å². The van der Waals surface area contributed by atoms with Gasteiger partial charge in [0.1, 0.15) is 5.75 Å². The van der Waals surface area contributed by atoms with Crippen molar-refractivity contribution in [2.45, 2.75) is 13.3 Å². The Kier molecular flexibility index (Phi) is 6.17. The van der Waals surface area contributed by atoms with Crippen molar-refractivity contribution in [3.05, 3.63) is 23.8 Å². The fourth-order valence-electron chi connectivity index (χ4n) is 1.74. The second-order valence-electron chi connectivity index (χ2n) is 4.09. The smallest absolute Gasteiger partial charge is 0.255 e. The molecule has 0 fully saturated rings. The van der Waals surface area contributed by atoms with Gasteiger partial charge in [0.25, 0.3) is 12.3 Å². The highest BCUT2D eigenvalue weighted by Crippen LogP contribution is 2.20. The van der Waals surface area contributed by atoms with E-state index < -0.39 is 18.9 Å². The molecule has 1 amide bonds. The van der Waals surface area contributed by atoms with Crippen LogP contribution in [0.1, 0.15) is 17.3 Å². The van der Waals surface area contributed by atoms with Crippen LogP contribution in [-0.4, -0.2) is 48.6 Å². The summed E-state index contributed by atoms with van der Waals surface area (Å²) in [6.07, 6.45) is -2.67. The number of carbonyl (C=O) groups excluding carboxylic acids is 1. The number of nitrogens with two attached hydrogens (primary N) is 1. The number of benzene rings is 1. The van der Waals surface area contributed by atoms with Gasteiger partial charge in [-0.15, -0.1) is 0 Å². The van der Waals surface area contributed by atoms with Crippen LogP contribution in [0.2, 0.25) is 0 Å². The summed E-state index contributed by atoms with van der Waals surface area (Å²) in [5, 5.41) is 8.85. The van der Waals surface area contributed by atoms with Crippen LogP contribution in [0, 0.1) is 0 Å². The molecule has 3 N–H and O–H groups in total. The van der Waals surface area contributed by atoms with Crippen molar-refractivity contribution in [1.29, 1.82) is 0 Å². The molecule has 7 heteroatoms. The van der Waals surface area contributed by atoms with Crippen LogP contribution in [0.3, 0.4) is 0 Å². The van der Waals surface area contributed by atoms with Gasteiger partial charge >= 0.3 is 0 Å². The average molecular weight is 288 g/mol. The minimum atomic E-state index is -2.67. The van der Waals surface area contributed by atoms with E-state index in [4.69, 9.17) is 15.6 Å². The van der Waals surface area contributed by atoms with E-state index in [9.17, 15) is 13.6 Å². The Bertz CT molecular complexity index is 455. The molecule has 0 aliphatic rings. The number of aliphatic hydroxyl groups excluding tert-OH is 1. The molecule has 0 aliphatic heterocycles. The number of rotatable bonds is 7. The Morgan fingerprint density at radius 1 is 1.45 bits per heavy atom. The number of hydrogen-bond acceptors (Lipinski definition) is 4. The molecular weight excluding hydrogens is 270 g/mol. The van der Waals surface area contributed by atoms with Gasteiger partial charge in [-0.05, 0) is 19.1 Å². The molecule has 0 saturated heterocycles. The molecule has 0 aliphatic carbocycles. The molecule has 0 bridgehead atoms. The molecule has 0 saturated carbocycles. The Labute approximate surface area is 115 Å². The van der Waals surface area contributed by atoms with Gasteiger partial charge in [-0.25, -0.2) is 8.78 Å². The minimum Gasteiger partial charge on any atom is -0.494 e. The molecule has 112 valence electrons. The summed E-state index contributed by atoms with van der Waals surface area (Å²) in [6.45, 7) is 0.882. The third-order valence-electron chi connectivity index (χ3n) is 2.50. The quantitative estimate of drug-likeness (QED) is 0.743. The zero-order chi connectivity index (χ0) is 15.1. The van der Waals surface area contributed by atoms with E-state index >= 15 is 0 Å². The first kappa shape index (κ1) is 16.2. The zero-order valence-corrected chi connectivity index (χ0v) is 11.2. The number of nitrogen functional groups attached to an aromatic ring is 1. The number of anilines is 1. The average Bonchev–Trinajstić information content (AvgIpc) is 2.36. The van der Waals surface area contributed by atoms with Crippen LogP contribution in [0.5, 0.6) is 5.75 Å². The number of hydrogen-bond donors (Lipinski definition) is 2. The van der Waals surface area contributed by atoms with Crippen molar-refractivity contribution in [3.63, 3.8) is 0 Å². The van der Waals surface area contributed by atoms with Gasteiger partial charge in [-0.1, -0.05) is 0 Å². The summed E-state index contributed by atoms with van der Waals surface area (Å²) in [6, 6.07) is 4.38. The second kappa shape index (κ2) is 7.64. The van der Waals surface area contributed by atoms with Gasteiger partial charge in [0, 0.05) is 23.9 Å².